The Morgan fingerprint density at radius 2 is 1.50 bits per heavy atom. The van der Waals surface area contributed by atoms with Crippen LogP contribution in [0.5, 0.6) is 0 Å². The van der Waals surface area contributed by atoms with Crippen molar-refractivity contribution in [2.75, 3.05) is 17.4 Å². The number of rotatable bonds is 11. The normalized spacial score (nSPS) is 12.2. The second-order valence-electron chi connectivity index (χ2n) is 9.84. The molecular weight excluding hydrogens is 593 g/mol. The van der Waals surface area contributed by atoms with Gasteiger partial charge in [-0.3, -0.25) is 13.9 Å². The molecule has 3 aromatic rings. The van der Waals surface area contributed by atoms with Crippen LogP contribution in [0.4, 0.5) is 5.69 Å². The molecule has 0 bridgehead atoms. The summed E-state index contributed by atoms with van der Waals surface area (Å²) in [5.74, 6) is -0.823. The minimum Gasteiger partial charge on any atom is -0.354 e. The quantitative estimate of drug-likeness (QED) is 0.270. The highest BCUT2D eigenvalue weighted by Crippen LogP contribution is 2.29. The Morgan fingerprint density at radius 3 is 2.08 bits per heavy atom. The van der Waals surface area contributed by atoms with Crippen LogP contribution >= 0.6 is 34.8 Å². The Balaban J connectivity index is 2.05. The topological polar surface area (TPSA) is 86.8 Å². The Labute approximate surface area is 251 Å². The molecule has 0 saturated carbocycles. The molecule has 0 aliphatic rings. The van der Waals surface area contributed by atoms with Gasteiger partial charge in [0.1, 0.15) is 12.6 Å². The molecule has 0 spiro atoms. The highest BCUT2D eigenvalue weighted by molar-refractivity contribution is 7.92. The fourth-order valence-electron chi connectivity index (χ4n) is 3.89. The second kappa shape index (κ2) is 13.7. The van der Waals surface area contributed by atoms with Crippen LogP contribution in [0.25, 0.3) is 0 Å². The van der Waals surface area contributed by atoms with E-state index in [0.29, 0.717) is 27.2 Å². The Bertz CT molecular complexity index is 1440. The lowest BCUT2D eigenvalue weighted by atomic mass is 10.1. The number of aryl methyl sites for hydroxylation is 1. The Kier molecular flexibility index (Phi) is 10.9. The first-order valence-corrected chi connectivity index (χ1v) is 15.2. The molecule has 214 valence electrons. The van der Waals surface area contributed by atoms with Crippen LogP contribution in [-0.4, -0.2) is 44.3 Å². The number of halogens is 3. The number of carbonyl (C=O) groups excluding carboxylic acids is 2. The smallest absolute Gasteiger partial charge is 0.264 e. The summed E-state index contributed by atoms with van der Waals surface area (Å²) in [6.45, 7) is 7.04. The molecule has 11 heteroatoms. The summed E-state index contributed by atoms with van der Waals surface area (Å²) in [6, 6.07) is 16.5. The number of hydrogen-bond acceptors (Lipinski definition) is 4. The van der Waals surface area contributed by atoms with Gasteiger partial charge in [0.25, 0.3) is 10.0 Å². The van der Waals surface area contributed by atoms with Gasteiger partial charge in [-0.25, -0.2) is 8.42 Å². The van der Waals surface area contributed by atoms with Crippen LogP contribution in [0.2, 0.25) is 15.1 Å². The number of nitrogens with one attached hydrogen (secondary N) is 1. The molecule has 3 rings (SSSR count). The number of nitrogens with zero attached hydrogens (tertiary/aromatic N) is 2. The fraction of sp³-hybridized carbons (Fsp3) is 0.310. The zero-order valence-electron chi connectivity index (χ0n) is 22.7. The number of anilines is 1. The first kappa shape index (κ1) is 31.7. The van der Waals surface area contributed by atoms with Crippen molar-refractivity contribution < 1.29 is 18.0 Å². The maximum absolute atomic E-state index is 14.0. The van der Waals surface area contributed by atoms with E-state index in [4.69, 9.17) is 34.8 Å². The fourth-order valence-corrected chi connectivity index (χ4v) is 5.99. The molecule has 7 nitrogen and oxygen atoms in total. The number of benzene rings is 3. The molecule has 0 aliphatic carbocycles. The standard InChI is InChI=1S/C29H32Cl3N3O4S/c1-19(2)16-33-29(37)21(4)34(17-25-26(31)9-6-10-27(25)32)28(36)18-35(23-8-5-7-22(30)15-23)40(38,39)24-13-11-20(3)12-14-24/h5-15,19,21H,16-18H2,1-4H3,(H,33,37). The van der Waals surface area contributed by atoms with Crippen LogP contribution in [-0.2, 0) is 26.2 Å². The van der Waals surface area contributed by atoms with Crippen molar-refractivity contribution in [3.8, 4) is 0 Å². The summed E-state index contributed by atoms with van der Waals surface area (Å²) < 4.78 is 28.7. The molecule has 0 heterocycles. The summed E-state index contributed by atoms with van der Waals surface area (Å²) >= 11 is 19.0. The van der Waals surface area contributed by atoms with Gasteiger partial charge in [0.2, 0.25) is 11.8 Å². The van der Waals surface area contributed by atoms with Crippen LogP contribution in [0, 0.1) is 12.8 Å². The van der Waals surface area contributed by atoms with Gasteiger partial charge in [-0.05, 0) is 62.2 Å². The van der Waals surface area contributed by atoms with Crippen molar-refractivity contribution in [1.29, 1.82) is 0 Å². The SMILES string of the molecule is Cc1ccc(S(=O)(=O)N(CC(=O)N(Cc2c(Cl)cccc2Cl)C(C)C(=O)NCC(C)C)c2cccc(Cl)c2)cc1. The van der Waals surface area contributed by atoms with Crippen molar-refractivity contribution in [1.82, 2.24) is 10.2 Å². The van der Waals surface area contributed by atoms with Gasteiger partial charge in [-0.1, -0.05) is 78.5 Å². The average molecular weight is 625 g/mol. The highest BCUT2D eigenvalue weighted by Gasteiger charge is 2.33. The molecular formula is C29H32Cl3N3O4S. The molecule has 0 saturated heterocycles. The Hall–Kier alpha value is -2.78. The molecule has 0 radical (unpaired) electrons. The van der Waals surface area contributed by atoms with Crippen molar-refractivity contribution in [2.45, 2.75) is 45.2 Å². The van der Waals surface area contributed by atoms with E-state index >= 15 is 0 Å². The summed E-state index contributed by atoms with van der Waals surface area (Å²) in [5.41, 5.74) is 1.53. The molecule has 1 unspecified atom stereocenters. The minimum atomic E-state index is -4.20. The lowest BCUT2D eigenvalue weighted by Gasteiger charge is -2.32. The molecule has 0 aliphatic heterocycles. The van der Waals surface area contributed by atoms with Gasteiger partial charge in [0, 0.05) is 33.7 Å². The summed E-state index contributed by atoms with van der Waals surface area (Å²) in [7, 11) is -4.20. The summed E-state index contributed by atoms with van der Waals surface area (Å²) in [4.78, 5) is 28.4. The van der Waals surface area contributed by atoms with Crippen LogP contribution in [0.1, 0.15) is 31.9 Å². The number of amides is 2. The van der Waals surface area contributed by atoms with Crippen LogP contribution < -0.4 is 9.62 Å². The number of hydrogen-bond donors (Lipinski definition) is 1. The molecule has 1 atom stereocenters. The first-order valence-electron chi connectivity index (χ1n) is 12.7. The summed E-state index contributed by atoms with van der Waals surface area (Å²) in [5, 5.41) is 3.78. The van der Waals surface area contributed by atoms with E-state index in [2.05, 4.69) is 5.32 Å². The van der Waals surface area contributed by atoms with Crippen LogP contribution in [0.15, 0.2) is 71.6 Å². The number of carbonyl (C=O) groups is 2. The summed E-state index contributed by atoms with van der Waals surface area (Å²) in [6.07, 6.45) is 0. The van der Waals surface area contributed by atoms with E-state index in [1.54, 1.807) is 55.5 Å². The third-order valence-electron chi connectivity index (χ3n) is 6.23. The molecule has 40 heavy (non-hydrogen) atoms. The van der Waals surface area contributed by atoms with Gasteiger partial charge in [0.15, 0.2) is 0 Å². The van der Waals surface area contributed by atoms with Gasteiger partial charge >= 0.3 is 0 Å². The van der Waals surface area contributed by atoms with Crippen molar-refractivity contribution in [2.24, 2.45) is 5.92 Å². The van der Waals surface area contributed by atoms with Crippen molar-refractivity contribution in [3.05, 3.63) is 92.9 Å². The van der Waals surface area contributed by atoms with E-state index in [1.807, 2.05) is 20.8 Å². The maximum Gasteiger partial charge on any atom is 0.264 e. The third kappa shape index (κ3) is 7.91. The van der Waals surface area contributed by atoms with E-state index in [9.17, 15) is 18.0 Å². The van der Waals surface area contributed by atoms with Gasteiger partial charge in [-0.2, -0.15) is 0 Å². The first-order chi connectivity index (χ1) is 18.8. The monoisotopic (exact) mass is 623 g/mol. The minimum absolute atomic E-state index is 0.00861. The average Bonchev–Trinajstić information content (AvgIpc) is 2.89. The van der Waals surface area contributed by atoms with E-state index < -0.39 is 28.5 Å². The van der Waals surface area contributed by atoms with Gasteiger partial charge in [0.05, 0.1) is 10.6 Å². The third-order valence-corrected chi connectivity index (χ3v) is 8.96. The lowest BCUT2D eigenvalue weighted by molar-refractivity contribution is -0.139. The van der Waals surface area contributed by atoms with Gasteiger partial charge in [-0.15, -0.1) is 0 Å². The molecule has 3 aromatic carbocycles. The lowest BCUT2D eigenvalue weighted by Crippen LogP contribution is -2.51. The zero-order valence-corrected chi connectivity index (χ0v) is 25.8. The van der Waals surface area contributed by atoms with E-state index in [0.717, 1.165) is 9.87 Å². The van der Waals surface area contributed by atoms with E-state index in [-0.39, 0.29) is 29.0 Å². The van der Waals surface area contributed by atoms with Gasteiger partial charge < -0.3 is 10.2 Å². The molecule has 1 N–H and O–H groups in total. The zero-order chi connectivity index (χ0) is 29.6. The van der Waals surface area contributed by atoms with Crippen molar-refractivity contribution in [3.63, 3.8) is 0 Å². The maximum atomic E-state index is 14.0. The Morgan fingerprint density at radius 1 is 0.900 bits per heavy atom. The number of sulfonamides is 1. The van der Waals surface area contributed by atoms with E-state index in [1.165, 1.54) is 23.1 Å². The predicted octanol–water partition coefficient (Wildman–Crippen LogP) is 6.34. The highest BCUT2D eigenvalue weighted by atomic mass is 35.5. The molecule has 2 amide bonds. The molecule has 0 fully saturated rings. The van der Waals surface area contributed by atoms with Crippen LogP contribution in [0.3, 0.4) is 0 Å². The largest absolute Gasteiger partial charge is 0.354 e. The molecule has 0 aromatic heterocycles. The van der Waals surface area contributed by atoms with Crippen molar-refractivity contribution >= 4 is 62.3 Å². The predicted molar refractivity (Wildman–Crippen MR) is 161 cm³/mol. The second-order valence-corrected chi connectivity index (χ2v) is 13.0.